The number of nitrogens with two attached hydrogens (primary N) is 1. The van der Waals surface area contributed by atoms with Gasteiger partial charge in [-0.15, -0.1) is 0 Å². The van der Waals surface area contributed by atoms with Gasteiger partial charge in [0.15, 0.2) is 0 Å². The van der Waals surface area contributed by atoms with E-state index >= 15 is 0 Å². The van der Waals surface area contributed by atoms with Crippen molar-refractivity contribution in [2.24, 2.45) is 5.73 Å². The first-order valence-corrected chi connectivity index (χ1v) is 7.85. The first-order chi connectivity index (χ1) is 10.1. The van der Waals surface area contributed by atoms with E-state index in [0.717, 1.165) is 29.4 Å². The van der Waals surface area contributed by atoms with Crippen molar-refractivity contribution in [1.29, 1.82) is 0 Å². The minimum absolute atomic E-state index is 0.360. The average Bonchev–Trinajstić information content (AvgIpc) is 2.49. The van der Waals surface area contributed by atoms with E-state index < -0.39 is 0 Å². The molecule has 1 unspecified atom stereocenters. The third-order valence-corrected chi connectivity index (χ3v) is 4.46. The van der Waals surface area contributed by atoms with E-state index in [2.05, 4.69) is 33.4 Å². The number of halogens is 1. The molecule has 0 radical (unpaired) electrons. The Morgan fingerprint density at radius 2 is 1.90 bits per heavy atom. The summed E-state index contributed by atoms with van der Waals surface area (Å²) in [5.41, 5.74) is 9.64. The Bertz CT molecular complexity index is 667. The molecule has 2 aromatic carbocycles. The molecule has 0 saturated carbocycles. The van der Waals surface area contributed by atoms with Crippen LogP contribution in [0.5, 0.6) is 0 Å². The monoisotopic (exact) mass is 344 g/mol. The van der Waals surface area contributed by atoms with Gasteiger partial charge in [-0.2, -0.15) is 0 Å². The van der Waals surface area contributed by atoms with Crippen LogP contribution in [0, 0.1) is 0 Å². The molecule has 1 atom stereocenters. The van der Waals surface area contributed by atoms with Crippen LogP contribution in [0.1, 0.15) is 27.9 Å². The van der Waals surface area contributed by atoms with Crippen molar-refractivity contribution in [3.05, 3.63) is 63.6 Å². The number of rotatable bonds is 3. The van der Waals surface area contributed by atoms with Gasteiger partial charge in [0.25, 0.3) is 0 Å². The molecule has 0 bridgehead atoms. The summed E-state index contributed by atoms with van der Waals surface area (Å²) in [7, 11) is 0. The lowest BCUT2D eigenvalue weighted by atomic mass is 9.87. The number of primary amides is 1. The lowest BCUT2D eigenvalue weighted by Gasteiger charge is -2.26. The Labute approximate surface area is 132 Å². The highest BCUT2D eigenvalue weighted by Gasteiger charge is 2.19. The number of fused-ring (bicyclic) bond motifs is 1. The van der Waals surface area contributed by atoms with Crippen LogP contribution in [-0.4, -0.2) is 11.9 Å². The highest BCUT2D eigenvalue weighted by molar-refractivity contribution is 9.10. The molecule has 0 aromatic heterocycles. The fraction of sp³-hybridized carbons (Fsp3) is 0.235. The van der Waals surface area contributed by atoms with E-state index in [1.165, 1.54) is 11.1 Å². The summed E-state index contributed by atoms with van der Waals surface area (Å²) in [4.78, 5) is 11.3. The molecule has 4 heteroatoms. The van der Waals surface area contributed by atoms with Gasteiger partial charge < -0.3 is 11.1 Å². The summed E-state index contributed by atoms with van der Waals surface area (Å²) in [6, 6.07) is 14.4. The molecular formula is C17H17BrN2O. The molecule has 1 aliphatic carbocycles. The molecule has 3 nitrogen and oxygen atoms in total. The van der Waals surface area contributed by atoms with E-state index in [-0.39, 0.29) is 5.91 Å². The number of hydrogen-bond donors (Lipinski definition) is 2. The van der Waals surface area contributed by atoms with Gasteiger partial charge in [-0.3, -0.25) is 4.79 Å². The topological polar surface area (TPSA) is 55.1 Å². The zero-order valence-corrected chi connectivity index (χ0v) is 13.2. The van der Waals surface area contributed by atoms with Gasteiger partial charge >= 0.3 is 0 Å². The first kappa shape index (κ1) is 14.1. The van der Waals surface area contributed by atoms with E-state index in [1.54, 1.807) is 0 Å². The summed E-state index contributed by atoms with van der Waals surface area (Å²) in [5.74, 6) is -0.360. The zero-order chi connectivity index (χ0) is 14.8. The third-order valence-electron chi connectivity index (χ3n) is 3.93. The zero-order valence-electron chi connectivity index (χ0n) is 11.6. The fourth-order valence-corrected chi connectivity index (χ4v) is 3.08. The van der Waals surface area contributed by atoms with Crippen LogP contribution in [-0.2, 0) is 12.8 Å². The maximum atomic E-state index is 11.3. The van der Waals surface area contributed by atoms with Gasteiger partial charge in [-0.1, -0.05) is 22.0 Å². The Morgan fingerprint density at radius 3 is 2.62 bits per heavy atom. The maximum absolute atomic E-state index is 11.3. The Balaban J connectivity index is 1.75. The second-order valence-electron chi connectivity index (χ2n) is 5.44. The number of anilines is 1. The van der Waals surface area contributed by atoms with Crippen molar-refractivity contribution in [3.63, 3.8) is 0 Å². The van der Waals surface area contributed by atoms with Crippen LogP contribution >= 0.6 is 15.9 Å². The van der Waals surface area contributed by atoms with Crippen LogP contribution < -0.4 is 11.1 Å². The second-order valence-corrected chi connectivity index (χ2v) is 6.35. The lowest BCUT2D eigenvalue weighted by Crippen LogP contribution is -2.27. The van der Waals surface area contributed by atoms with E-state index in [0.29, 0.717) is 11.6 Å². The number of amides is 1. The maximum Gasteiger partial charge on any atom is 0.248 e. The van der Waals surface area contributed by atoms with Crippen molar-refractivity contribution in [3.8, 4) is 0 Å². The lowest BCUT2D eigenvalue weighted by molar-refractivity contribution is 0.1000. The fourth-order valence-electron chi connectivity index (χ4n) is 2.82. The van der Waals surface area contributed by atoms with Crippen LogP contribution in [0.3, 0.4) is 0 Å². The van der Waals surface area contributed by atoms with Crippen LogP contribution in [0.25, 0.3) is 0 Å². The van der Waals surface area contributed by atoms with E-state index in [1.807, 2.05) is 30.3 Å². The minimum Gasteiger partial charge on any atom is -0.382 e. The SMILES string of the molecule is NC(=O)c1ccc2c(c1)CC(Nc1ccc(Br)cc1)CC2. The van der Waals surface area contributed by atoms with E-state index in [9.17, 15) is 4.79 Å². The molecule has 21 heavy (non-hydrogen) atoms. The summed E-state index contributed by atoms with van der Waals surface area (Å²) in [6.07, 6.45) is 3.05. The molecule has 0 spiro atoms. The van der Waals surface area contributed by atoms with Gasteiger partial charge in [0.05, 0.1) is 0 Å². The van der Waals surface area contributed by atoms with Crippen LogP contribution in [0.4, 0.5) is 5.69 Å². The summed E-state index contributed by atoms with van der Waals surface area (Å²) < 4.78 is 1.08. The average molecular weight is 345 g/mol. The Kier molecular flexibility index (Phi) is 3.97. The smallest absolute Gasteiger partial charge is 0.248 e. The molecule has 3 rings (SSSR count). The predicted molar refractivity (Wildman–Crippen MR) is 88.5 cm³/mol. The Hall–Kier alpha value is -1.81. The second kappa shape index (κ2) is 5.90. The normalized spacial score (nSPS) is 17.1. The van der Waals surface area contributed by atoms with E-state index in [4.69, 9.17) is 5.73 Å². The van der Waals surface area contributed by atoms with Crippen molar-refractivity contribution < 1.29 is 4.79 Å². The molecule has 0 saturated heterocycles. The standard InChI is InChI=1S/C17H17BrN2O/c18-14-4-7-15(8-5-14)20-16-6-3-11-1-2-12(17(19)21)9-13(11)10-16/h1-2,4-5,7-9,16,20H,3,6,10H2,(H2,19,21). The third kappa shape index (κ3) is 3.27. The van der Waals surface area contributed by atoms with Crippen LogP contribution in [0.15, 0.2) is 46.9 Å². The highest BCUT2D eigenvalue weighted by atomic mass is 79.9. The molecule has 3 N–H and O–H groups in total. The minimum atomic E-state index is -0.360. The largest absolute Gasteiger partial charge is 0.382 e. The molecular weight excluding hydrogens is 328 g/mol. The summed E-state index contributed by atoms with van der Waals surface area (Å²) in [5, 5.41) is 3.56. The molecule has 1 aliphatic rings. The molecule has 108 valence electrons. The molecule has 2 aromatic rings. The molecule has 0 fully saturated rings. The number of benzene rings is 2. The predicted octanol–water partition coefficient (Wildman–Crippen LogP) is 3.52. The van der Waals surface area contributed by atoms with Gasteiger partial charge in [0, 0.05) is 21.8 Å². The van der Waals surface area contributed by atoms with Gasteiger partial charge in [0.2, 0.25) is 5.91 Å². The number of nitrogens with one attached hydrogen (secondary N) is 1. The number of carbonyl (C=O) groups is 1. The van der Waals surface area contributed by atoms with Gasteiger partial charge in [0.1, 0.15) is 0 Å². The molecule has 0 heterocycles. The van der Waals surface area contributed by atoms with Crippen molar-refractivity contribution in [2.75, 3.05) is 5.32 Å². The van der Waals surface area contributed by atoms with Crippen molar-refractivity contribution in [2.45, 2.75) is 25.3 Å². The quantitative estimate of drug-likeness (QED) is 0.894. The number of carbonyl (C=O) groups excluding carboxylic acids is 1. The highest BCUT2D eigenvalue weighted by Crippen LogP contribution is 2.25. The first-order valence-electron chi connectivity index (χ1n) is 7.05. The molecule has 1 amide bonds. The van der Waals surface area contributed by atoms with Crippen molar-refractivity contribution >= 4 is 27.5 Å². The van der Waals surface area contributed by atoms with Crippen molar-refractivity contribution in [1.82, 2.24) is 0 Å². The summed E-state index contributed by atoms with van der Waals surface area (Å²) in [6.45, 7) is 0. The number of hydrogen-bond acceptors (Lipinski definition) is 2. The van der Waals surface area contributed by atoms with Gasteiger partial charge in [-0.05, 0) is 66.8 Å². The summed E-state index contributed by atoms with van der Waals surface area (Å²) >= 11 is 3.44. The molecule has 0 aliphatic heterocycles. The van der Waals surface area contributed by atoms with Crippen LogP contribution in [0.2, 0.25) is 0 Å². The number of aryl methyl sites for hydroxylation is 1. The Morgan fingerprint density at radius 1 is 1.14 bits per heavy atom. The van der Waals surface area contributed by atoms with Gasteiger partial charge in [-0.25, -0.2) is 0 Å².